The summed E-state index contributed by atoms with van der Waals surface area (Å²) in [4.78, 5) is 45.9. The van der Waals surface area contributed by atoms with Crippen LogP contribution in [-0.2, 0) is 38.3 Å². The maximum atomic E-state index is 12.7. The lowest BCUT2D eigenvalue weighted by Crippen LogP contribution is -2.62. The van der Waals surface area contributed by atoms with Gasteiger partial charge in [-0.3, -0.25) is 4.79 Å². The zero-order valence-corrected chi connectivity index (χ0v) is 19.1. The predicted molar refractivity (Wildman–Crippen MR) is 114 cm³/mol. The van der Waals surface area contributed by atoms with Gasteiger partial charge in [0.05, 0.1) is 19.1 Å². The lowest BCUT2D eigenvalue weighted by molar-refractivity contribution is -0.337. The molecule has 10 heteroatoms. The molecule has 3 unspecified atom stereocenters. The zero-order chi connectivity index (χ0) is 24.2. The molecule has 0 spiro atoms. The fourth-order valence-corrected chi connectivity index (χ4v) is 3.24. The third kappa shape index (κ3) is 8.49. The molecule has 10 nitrogen and oxygen atoms in total. The Kier molecular flexibility index (Phi) is 11.4. The number of hydrogen-bond donors (Lipinski definition) is 1. The molecule has 0 amide bonds. The highest BCUT2D eigenvalue weighted by molar-refractivity contribution is 5.89. The van der Waals surface area contributed by atoms with E-state index >= 15 is 0 Å². The highest BCUT2D eigenvalue weighted by atomic mass is 17.2. The molecule has 0 bridgehead atoms. The number of ether oxygens (including phenoxy) is 4. The summed E-state index contributed by atoms with van der Waals surface area (Å²) in [7, 11) is 1.30. The fourth-order valence-electron chi connectivity index (χ4n) is 3.24. The van der Waals surface area contributed by atoms with Crippen molar-refractivity contribution in [2.45, 2.75) is 70.2 Å². The van der Waals surface area contributed by atoms with Crippen molar-refractivity contribution in [2.75, 3.05) is 20.3 Å². The van der Waals surface area contributed by atoms with Crippen LogP contribution in [0.1, 0.15) is 49.9 Å². The summed E-state index contributed by atoms with van der Waals surface area (Å²) < 4.78 is 22.6. The summed E-state index contributed by atoms with van der Waals surface area (Å²) in [6, 6.07) is 8.25. The molecule has 1 saturated heterocycles. The van der Waals surface area contributed by atoms with E-state index in [-0.39, 0.29) is 37.4 Å². The van der Waals surface area contributed by atoms with Gasteiger partial charge in [-0.1, -0.05) is 31.5 Å². The molecule has 2 rings (SSSR count). The molecule has 0 radical (unpaired) electrons. The first-order valence-corrected chi connectivity index (χ1v) is 10.9. The molecule has 1 N–H and O–H groups in total. The Labute approximate surface area is 193 Å². The number of benzene rings is 1. The van der Waals surface area contributed by atoms with E-state index in [1.807, 2.05) is 6.92 Å². The van der Waals surface area contributed by atoms with Crippen LogP contribution in [0.3, 0.4) is 0 Å². The van der Waals surface area contributed by atoms with Crippen molar-refractivity contribution in [3.63, 3.8) is 0 Å². The summed E-state index contributed by atoms with van der Waals surface area (Å²) in [5, 5.41) is 10.6. The molecule has 5 atom stereocenters. The largest absolute Gasteiger partial charge is 0.457 e. The monoisotopic (exact) mass is 468 g/mol. The van der Waals surface area contributed by atoms with Gasteiger partial charge in [0.25, 0.3) is 0 Å². The van der Waals surface area contributed by atoms with Crippen molar-refractivity contribution in [2.24, 2.45) is 0 Å². The van der Waals surface area contributed by atoms with Gasteiger partial charge in [0, 0.05) is 13.0 Å². The molecule has 0 aromatic heterocycles. The van der Waals surface area contributed by atoms with Crippen LogP contribution >= 0.6 is 0 Å². The SMILES string of the molecule is CCCCOC1C(OC(=O)c2ccccc2)[C@H](O)OC(COOC)[C@H]1OC(=O)CCC(C)=O. The zero-order valence-electron chi connectivity index (χ0n) is 19.1. The van der Waals surface area contributed by atoms with E-state index in [9.17, 15) is 19.5 Å². The molecule has 184 valence electrons. The molecule has 0 aliphatic carbocycles. The van der Waals surface area contributed by atoms with Crippen molar-refractivity contribution >= 4 is 17.7 Å². The van der Waals surface area contributed by atoms with Crippen LogP contribution in [0.2, 0.25) is 0 Å². The Bertz CT molecular complexity index is 753. The predicted octanol–water partition coefficient (Wildman–Crippen LogP) is 1.97. The van der Waals surface area contributed by atoms with Gasteiger partial charge < -0.3 is 28.8 Å². The Morgan fingerprint density at radius 3 is 2.39 bits per heavy atom. The van der Waals surface area contributed by atoms with Crippen LogP contribution in [-0.4, -0.2) is 73.9 Å². The van der Waals surface area contributed by atoms with Crippen molar-refractivity contribution in [1.82, 2.24) is 0 Å². The van der Waals surface area contributed by atoms with E-state index < -0.39 is 42.6 Å². The van der Waals surface area contributed by atoms with Crippen LogP contribution in [0, 0.1) is 0 Å². The summed E-state index contributed by atoms with van der Waals surface area (Å²) in [6.07, 6.45) is -4.55. The lowest BCUT2D eigenvalue weighted by Gasteiger charge is -2.43. The van der Waals surface area contributed by atoms with Gasteiger partial charge in [-0.2, -0.15) is 0 Å². The third-order valence-corrected chi connectivity index (χ3v) is 4.97. The Morgan fingerprint density at radius 1 is 1.03 bits per heavy atom. The second kappa shape index (κ2) is 14.0. The Balaban J connectivity index is 2.27. The molecule has 1 aliphatic rings. The first kappa shape index (κ1) is 26.9. The fraction of sp³-hybridized carbons (Fsp3) is 0.609. The maximum Gasteiger partial charge on any atom is 0.338 e. The van der Waals surface area contributed by atoms with Crippen molar-refractivity contribution in [3.8, 4) is 0 Å². The van der Waals surface area contributed by atoms with E-state index in [0.29, 0.717) is 6.42 Å². The van der Waals surface area contributed by atoms with Crippen molar-refractivity contribution < 1.29 is 48.2 Å². The molecule has 33 heavy (non-hydrogen) atoms. The van der Waals surface area contributed by atoms with E-state index in [2.05, 4.69) is 4.89 Å². The summed E-state index contributed by atoms with van der Waals surface area (Å²) >= 11 is 0. The van der Waals surface area contributed by atoms with E-state index in [1.165, 1.54) is 14.0 Å². The van der Waals surface area contributed by atoms with E-state index in [1.54, 1.807) is 30.3 Å². The van der Waals surface area contributed by atoms with Gasteiger partial charge in [-0.15, -0.1) is 0 Å². The van der Waals surface area contributed by atoms with Gasteiger partial charge >= 0.3 is 11.9 Å². The number of aliphatic hydroxyl groups is 1. The highest BCUT2D eigenvalue weighted by Crippen LogP contribution is 2.29. The first-order valence-electron chi connectivity index (χ1n) is 10.9. The van der Waals surface area contributed by atoms with E-state index in [4.69, 9.17) is 23.8 Å². The maximum absolute atomic E-state index is 12.7. The molecular weight excluding hydrogens is 436 g/mol. The molecule has 1 fully saturated rings. The minimum Gasteiger partial charge on any atom is -0.457 e. The minimum atomic E-state index is -1.57. The number of unbranched alkanes of at least 4 members (excludes halogenated alkanes) is 1. The van der Waals surface area contributed by atoms with Crippen LogP contribution in [0.15, 0.2) is 30.3 Å². The number of ketones is 1. The molecule has 0 saturated carbocycles. The lowest BCUT2D eigenvalue weighted by atomic mass is 9.98. The van der Waals surface area contributed by atoms with Crippen LogP contribution in [0.25, 0.3) is 0 Å². The number of hydrogen-bond acceptors (Lipinski definition) is 10. The second-order valence-corrected chi connectivity index (χ2v) is 7.60. The minimum absolute atomic E-state index is 0.0159. The second-order valence-electron chi connectivity index (χ2n) is 7.60. The van der Waals surface area contributed by atoms with Crippen molar-refractivity contribution in [1.29, 1.82) is 0 Å². The molecule has 1 heterocycles. The van der Waals surface area contributed by atoms with Crippen molar-refractivity contribution in [3.05, 3.63) is 35.9 Å². The average Bonchev–Trinajstić information content (AvgIpc) is 2.80. The highest BCUT2D eigenvalue weighted by Gasteiger charge is 2.50. The smallest absolute Gasteiger partial charge is 0.338 e. The number of Topliss-reactive ketones (excluding diaryl/α,β-unsaturated/α-hetero) is 1. The summed E-state index contributed by atoms with van der Waals surface area (Å²) in [6.45, 7) is 3.43. The number of carbonyl (C=O) groups is 3. The van der Waals surface area contributed by atoms with E-state index in [0.717, 1.165) is 6.42 Å². The molecular formula is C23H32O10. The number of aliphatic hydroxyl groups excluding tert-OH is 1. The van der Waals surface area contributed by atoms with Gasteiger partial charge in [-0.05, 0) is 25.5 Å². The van der Waals surface area contributed by atoms with Crippen LogP contribution < -0.4 is 0 Å². The number of rotatable bonds is 13. The molecule has 1 aromatic rings. The average molecular weight is 468 g/mol. The first-order chi connectivity index (χ1) is 15.9. The summed E-state index contributed by atoms with van der Waals surface area (Å²) in [5.74, 6) is -1.51. The Hall–Kier alpha value is -2.37. The molecule has 1 aromatic carbocycles. The van der Waals surface area contributed by atoms with Crippen LogP contribution in [0.5, 0.6) is 0 Å². The standard InChI is InChI=1S/C23H32O10/c1-4-5-13-29-20-19(32-18(25)12-11-15(2)24)17(14-30-28-3)31-23(27)21(20)33-22(26)16-9-7-6-8-10-16/h6-10,17,19-21,23,27H,4-5,11-14H2,1-3H3/t17?,19-,20?,21?,23-/m1/s1. The quantitative estimate of drug-likeness (QED) is 0.199. The third-order valence-electron chi connectivity index (χ3n) is 4.97. The number of carbonyl (C=O) groups excluding carboxylic acids is 3. The number of esters is 2. The van der Waals surface area contributed by atoms with Gasteiger partial charge in [0.2, 0.25) is 0 Å². The van der Waals surface area contributed by atoms with Gasteiger partial charge in [0.15, 0.2) is 18.5 Å². The molecule has 1 aliphatic heterocycles. The summed E-state index contributed by atoms with van der Waals surface area (Å²) in [5.41, 5.74) is 0.275. The van der Waals surface area contributed by atoms with Crippen LogP contribution in [0.4, 0.5) is 0 Å². The van der Waals surface area contributed by atoms with Gasteiger partial charge in [-0.25, -0.2) is 14.6 Å². The normalized spacial score (nSPS) is 24.8. The topological polar surface area (TPSA) is 127 Å². The Morgan fingerprint density at radius 2 is 1.76 bits per heavy atom. The van der Waals surface area contributed by atoms with Gasteiger partial charge in [0.1, 0.15) is 24.6 Å².